The maximum absolute atomic E-state index is 13.7. The maximum Gasteiger partial charge on any atom is 0.433 e. The number of fused-ring (bicyclic) bond motifs is 2. The Balaban J connectivity index is 1.34. The highest BCUT2D eigenvalue weighted by Crippen LogP contribution is 2.38. The number of nitrogens with one attached hydrogen (secondary N) is 1. The summed E-state index contributed by atoms with van der Waals surface area (Å²) in [6, 6.07) is 4.75. The minimum Gasteiger partial charge on any atom is -0.370 e. The number of urea groups is 1. The predicted octanol–water partition coefficient (Wildman–Crippen LogP) is 3.21. The minimum absolute atomic E-state index is 0.0768. The van der Waals surface area contributed by atoms with Crippen LogP contribution in [0.15, 0.2) is 46.9 Å². The van der Waals surface area contributed by atoms with Gasteiger partial charge >= 0.3 is 12.2 Å². The van der Waals surface area contributed by atoms with E-state index in [4.69, 9.17) is 11.5 Å². The normalized spacial score (nSPS) is 19.5. The molecule has 42 heavy (non-hydrogen) atoms. The summed E-state index contributed by atoms with van der Waals surface area (Å²) in [5.41, 5.74) is 10.2. The molecule has 2 aromatic heterocycles. The summed E-state index contributed by atoms with van der Waals surface area (Å²) in [6.45, 7) is 0.591. The van der Waals surface area contributed by atoms with E-state index in [2.05, 4.69) is 20.3 Å². The van der Waals surface area contributed by atoms with Gasteiger partial charge in [-0.3, -0.25) is 24.4 Å². The summed E-state index contributed by atoms with van der Waals surface area (Å²) in [6.07, 6.45) is -1.88. The lowest BCUT2D eigenvalue weighted by Gasteiger charge is -2.39. The van der Waals surface area contributed by atoms with Crippen molar-refractivity contribution >= 4 is 63.4 Å². The van der Waals surface area contributed by atoms with Crippen molar-refractivity contribution in [2.75, 3.05) is 23.7 Å². The van der Waals surface area contributed by atoms with Gasteiger partial charge in [0.15, 0.2) is 11.0 Å². The molecule has 5 rings (SSSR count). The highest BCUT2D eigenvalue weighted by molar-refractivity contribution is 8.00. The van der Waals surface area contributed by atoms with E-state index in [-0.39, 0.29) is 40.6 Å². The van der Waals surface area contributed by atoms with Crippen LogP contribution in [0.5, 0.6) is 0 Å². The molecule has 2 aliphatic rings. The van der Waals surface area contributed by atoms with Crippen molar-refractivity contribution in [1.29, 1.82) is 0 Å². The molecule has 2 aliphatic heterocycles. The molecule has 5 N–H and O–H groups in total. The molecule has 3 aromatic rings. The number of ketones is 1. The molecule has 2 saturated heterocycles. The van der Waals surface area contributed by atoms with Crippen molar-refractivity contribution in [3.8, 4) is 0 Å². The molecule has 0 aliphatic carbocycles. The van der Waals surface area contributed by atoms with Gasteiger partial charge in [-0.05, 0) is 37.5 Å². The van der Waals surface area contributed by atoms with Crippen LogP contribution in [0.4, 0.5) is 23.7 Å². The molecule has 0 bridgehead atoms. The second-order valence-corrected chi connectivity index (χ2v) is 11.8. The van der Waals surface area contributed by atoms with Crippen molar-refractivity contribution in [2.45, 2.75) is 42.9 Å². The predicted molar refractivity (Wildman–Crippen MR) is 154 cm³/mol. The third-order valence-corrected chi connectivity index (χ3v) is 9.09. The van der Waals surface area contributed by atoms with Crippen LogP contribution in [-0.4, -0.2) is 74.8 Å². The number of rotatable bonds is 9. The zero-order valence-corrected chi connectivity index (χ0v) is 23.7. The van der Waals surface area contributed by atoms with E-state index < -0.39 is 35.9 Å². The van der Waals surface area contributed by atoms with Crippen LogP contribution in [0.1, 0.15) is 34.8 Å². The molecule has 3 amide bonds. The topological polar surface area (TPSA) is 160 Å². The highest BCUT2D eigenvalue weighted by atomic mass is 32.2. The van der Waals surface area contributed by atoms with E-state index in [0.717, 1.165) is 17.4 Å². The lowest BCUT2D eigenvalue weighted by molar-refractivity contribution is -0.141. The Hall–Kier alpha value is -3.92. The van der Waals surface area contributed by atoms with Gasteiger partial charge in [0.05, 0.1) is 16.9 Å². The first-order chi connectivity index (χ1) is 20.0. The molecule has 0 saturated carbocycles. The van der Waals surface area contributed by atoms with E-state index in [0.29, 0.717) is 36.2 Å². The van der Waals surface area contributed by atoms with Gasteiger partial charge in [0, 0.05) is 41.5 Å². The second-order valence-electron chi connectivity index (χ2n) is 9.72. The largest absolute Gasteiger partial charge is 0.433 e. The highest BCUT2D eigenvalue weighted by Gasteiger charge is 2.47. The number of Topliss-reactive ketones (excluding diaryl/α,β-unsaturated/α-hetero) is 1. The summed E-state index contributed by atoms with van der Waals surface area (Å²) in [7, 11) is 0. The smallest absolute Gasteiger partial charge is 0.370 e. The number of halogens is 3. The SMILES string of the molecule is NC(N)=NCCCC(NC(=O)C1CSC2CCN(c3ccc4ccc(C(F)(F)F)nc4c3)C(=O)N21)C(=O)c1nccs1. The molecule has 0 spiro atoms. The Morgan fingerprint density at radius 1 is 1.21 bits per heavy atom. The fourth-order valence-corrected chi connectivity index (χ4v) is 6.94. The molecule has 4 heterocycles. The third kappa shape index (κ3) is 6.28. The average molecular weight is 621 g/mol. The molecule has 2 fully saturated rings. The van der Waals surface area contributed by atoms with Crippen molar-refractivity contribution in [2.24, 2.45) is 16.5 Å². The summed E-state index contributed by atoms with van der Waals surface area (Å²) in [5.74, 6) is -0.575. The van der Waals surface area contributed by atoms with Crippen LogP contribution >= 0.6 is 23.1 Å². The molecule has 11 nitrogen and oxygen atoms in total. The number of nitrogens with two attached hydrogens (primary N) is 2. The molecule has 3 unspecified atom stereocenters. The van der Waals surface area contributed by atoms with Crippen molar-refractivity contribution in [3.05, 3.63) is 52.6 Å². The Morgan fingerprint density at radius 2 is 2.00 bits per heavy atom. The van der Waals surface area contributed by atoms with Gasteiger partial charge < -0.3 is 16.8 Å². The van der Waals surface area contributed by atoms with E-state index >= 15 is 0 Å². The van der Waals surface area contributed by atoms with Gasteiger partial charge in [-0.25, -0.2) is 14.8 Å². The number of pyridine rings is 1. The number of carbonyl (C=O) groups is 3. The van der Waals surface area contributed by atoms with Crippen LogP contribution < -0.4 is 21.7 Å². The Bertz CT molecular complexity index is 1510. The van der Waals surface area contributed by atoms with Gasteiger partial charge in [0.2, 0.25) is 11.7 Å². The van der Waals surface area contributed by atoms with Crippen molar-refractivity contribution < 1.29 is 27.6 Å². The number of anilines is 1. The number of nitrogens with zero attached hydrogens (tertiary/aromatic N) is 5. The van der Waals surface area contributed by atoms with E-state index in [9.17, 15) is 27.6 Å². The second kappa shape index (κ2) is 12.1. The lowest BCUT2D eigenvalue weighted by Crippen LogP contribution is -2.59. The van der Waals surface area contributed by atoms with Crippen LogP contribution in [0.25, 0.3) is 10.9 Å². The monoisotopic (exact) mass is 620 g/mol. The number of guanidine groups is 1. The fourth-order valence-electron chi connectivity index (χ4n) is 4.92. The number of amides is 3. The first-order valence-electron chi connectivity index (χ1n) is 13.0. The number of thioether (sulfide) groups is 1. The van der Waals surface area contributed by atoms with Gasteiger partial charge in [-0.2, -0.15) is 13.2 Å². The number of benzene rings is 1. The molecule has 222 valence electrons. The summed E-state index contributed by atoms with van der Waals surface area (Å²) >= 11 is 2.63. The number of carbonyl (C=O) groups excluding carboxylic acids is 3. The number of hydrogen-bond acceptors (Lipinski definition) is 8. The number of aliphatic imine (C=N–C) groups is 1. The van der Waals surface area contributed by atoms with Crippen LogP contribution in [0, 0.1) is 0 Å². The zero-order chi connectivity index (χ0) is 30.0. The van der Waals surface area contributed by atoms with E-state index in [1.807, 2.05) is 0 Å². The number of thiazole rings is 1. The molecular formula is C26H27F3N8O3S2. The fraction of sp³-hybridized carbons (Fsp3) is 0.385. The lowest BCUT2D eigenvalue weighted by atomic mass is 10.1. The Labute approximate surface area is 246 Å². The zero-order valence-electron chi connectivity index (χ0n) is 22.1. The third-order valence-electron chi connectivity index (χ3n) is 6.95. The van der Waals surface area contributed by atoms with Gasteiger partial charge in [-0.15, -0.1) is 23.1 Å². The Morgan fingerprint density at radius 3 is 2.71 bits per heavy atom. The van der Waals surface area contributed by atoms with Crippen LogP contribution in [0.3, 0.4) is 0 Å². The van der Waals surface area contributed by atoms with Gasteiger partial charge in [-0.1, -0.05) is 12.1 Å². The maximum atomic E-state index is 13.7. The summed E-state index contributed by atoms with van der Waals surface area (Å²) in [5, 5.41) is 4.97. The van der Waals surface area contributed by atoms with Crippen molar-refractivity contribution in [3.63, 3.8) is 0 Å². The summed E-state index contributed by atoms with van der Waals surface area (Å²) in [4.78, 5) is 55.0. The molecule has 0 radical (unpaired) electrons. The minimum atomic E-state index is -4.60. The standard InChI is InChI=1S/C26H27F3N8O3S2/c27-26(28,29)19-6-4-14-3-5-15(12-17(14)34-19)36-10-7-20-37(25(36)40)18(13-42-20)22(39)35-16(2-1-8-33-24(30)31)21(38)23-32-9-11-41-23/h3-6,9,11-12,16,18,20H,1-2,7-8,10,13H2,(H,35,39)(H4,30,31,33). The van der Waals surface area contributed by atoms with Crippen molar-refractivity contribution in [1.82, 2.24) is 20.2 Å². The van der Waals surface area contributed by atoms with E-state index in [1.54, 1.807) is 17.5 Å². The number of hydrogen-bond donors (Lipinski definition) is 3. The first-order valence-corrected chi connectivity index (χ1v) is 14.9. The molecule has 3 atom stereocenters. The van der Waals surface area contributed by atoms with E-state index in [1.165, 1.54) is 39.9 Å². The first kappa shape index (κ1) is 29.6. The quantitative estimate of drug-likeness (QED) is 0.142. The Kier molecular flexibility index (Phi) is 8.54. The number of aromatic nitrogens is 2. The number of alkyl halides is 3. The molecule has 1 aromatic carbocycles. The molecule has 16 heteroatoms. The van der Waals surface area contributed by atoms with Gasteiger partial charge in [0.1, 0.15) is 11.7 Å². The van der Waals surface area contributed by atoms with Gasteiger partial charge in [0.25, 0.3) is 0 Å². The molecular weight excluding hydrogens is 593 g/mol. The summed E-state index contributed by atoms with van der Waals surface area (Å²) < 4.78 is 39.7. The average Bonchev–Trinajstić information content (AvgIpc) is 3.64. The van der Waals surface area contributed by atoms with Crippen LogP contribution in [0.2, 0.25) is 0 Å². The van der Waals surface area contributed by atoms with Crippen LogP contribution in [-0.2, 0) is 11.0 Å².